The molecule has 0 saturated heterocycles. The Morgan fingerprint density at radius 3 is 2.40 bits per heavy atom. The molecule has 110 valence electrons. The maximum atomic E-state index is 12.0. The Hall–Kier alpha value is -2.04. The van der Waals surface area contributed by atoms with E-state index in [2.05, 4.69) is 5.32 Å². The van der Waals surface area contributed by atoms with E-state index >= 15 is 0 Å². The first kappa shape index (κ1) is 16.0. The molecule has 0 aromatic heterocycles. The lowest BCUT2D eigenvalue weighted by Crippen LogP contribution is -2.27. The molecule has 0 aliphatic rings. The minimum absolute atomic E-state index is 0.156. The van der Waals surface area contributed by atoms with E-state index in [9.17, 15) is 9.59 Å². The molecule has 0 unspecified atom stereocenters. The number of esters is 1. The first-order valence-electron chi connectivity index (χ1n) is 6.46. The largest absolute Gasteiger partial charge is 0.495 e. The van der Waals surface area contributed by atoms with Crippen molar-refractivity contribution in [1.82, 2.24) is 0 Å². The molecule has 0 aliphatic heterocycles. The number of carbonyl (C=O) groups is 2. The second-order valence-electron chi connectivity index (χ2n) is 5.34. The fraction of sp³-hybridized carbons (Fsp3) is 0.467. The van der Waals surface area contributed by atoms with Crippen LogP contribution < -0.4 is 10.1 Å². The monoisotopic (exact) mass is 279 g/mol. The Kier molecular flexibility index (Phi) is 5.13. The maximum absolute atomic E-state index is 12.0. The van der Waals surface area contributed by atoms with Gasteiger partial charge in [0.15, 0.2) is 0 Å². The van der Waals surface area contributed by atoms with Crippen LogP contribution in [0.4, 0.5) is 5.69 Å². The Morgan fingerprint density at radius 1 is 1.25 bits per heavy atom. The first-order chi connectivity index (χ1) is 9.29. The van der Waals surface area contributed by atoms with Crippen molar-refractivity contribution in [3.05, 3.63) is 23.8 Å². The predicted molar refractivity (Wildman–Crippen MR) is 77.0 cm³/mol. The number of ether oxygens (including phenoxy) is 2. The quantitative estimate of drug-likeness (QED) is 0.861. The minimum Gasteiger partial charge on any atom is -0.495 e. The van der Waals surface area contributed by atoms with Gasteiger partial charge in [0.05, 0.1) is 25.0 Å². The molecule has 0 bridgehead atoms. The number of carbonyl (C=O) groups excluding carboxylic acids is 2. The Balaban J connectivity index is 3.06. The van der Waals surface area contributed by atoms with Gasteiger partial charge in [0.25, 0.3) is 0 Å². The fourth-order valence-electron chi connectivity index (χ4n) is 1.46. The third-order valence-corrected chi connectivity index (χ3v) is 2.64. The molecule has 0 saturated carbocycles. The van der Waals surface area contributed by atoms with Crippen LogP contribution >= 0.6 is 0 Å². The molecule has 5 heteroatoms. The topological polar surface area (TPSA) is 64.6 Å². The van der Waals surface area contributed by atoms with Gasteiger partial charge in [-0.3, -0.25) is 4.79 Å². The summed E-state index contributed by atoms with van der Waals surface area (Å²) in [6, 6.07) is 4.79. The van der Waals surface area contributed by atoms with Crippen molar-refractivity contribution in [2.45, 2.75) is 27.7 Å². The van der Waals surface area contributed by atoms with Crippen LogP contribution in [0.3, 0.4) is 0 Å². The summed E-state index contributed by atoms with van der Waals surface area (Å²) in [7, 11) is 1.51. The molecule has 5 nitrogen and oxygen atoms in total. The van der Waals surface area contributed by atoms with E-state index in [1.54, 1.807) is 25.1 Å². The number of amides is 1. The fourth-order valence-corrected chi connectivity index (χ4v) is 1.46. The molecule has 20 heavy (non-hydrogen) atoms. The normalized spacial score (nSPS) is 10.8. The molecule has 0 radical (unpaired) electrons. The highest BCUT2D eigenvalue weighted by molar-refractivity contribution is 5.98. The van der Waals surface area contributed by atoms with Gasteiger partial charge in [0.1, 0.15) is 5.75 Å². The lowest BCUT2D eigenvalue weighted by atomic mass is 9.95. The molecular formula is C15H21NO4. The van der Waals surface area contributed by atoms with Gasteiger partial charge in [0, 0.05) is 5.41 Å². The predicted octanol–water partition coefficient (Wildman–Crippen LogP) is 2.86. The van der Waals surface area contributed by atoms with Gasteiger partial charge in [-0.15, -0.1) is 0 Å². The van der Waals surface area contributed by atoms with Crippen molar-refractivity contribution in [2.75, 3.05) is 19.0 Å². The van der Waals surface area contributed by atoms with Gasteiger partial charge in [0.2, 0.25) is 5.91 Å². The summed E-state index contributed by atoms with van der Waals surface area (Å²) in [5.74, 6) is -0.0890. The molecule has 1 N–H and O–H groups in total. The van der Waals surface area contributed by atoms with Crippen molar-refractivity contribution in [1.29, 1.82) is 0 Å². The van der Waals surface area contributed by atoms with E-state index in [-0.39, 0.29) is 5.91 Å². The highest BCUT2D eigenvalue weighted by Crippen LogP contribution is 2.28. The summed E-state index contributed by atoms with van der Waals surface area (Å²) in [5.41, 5.74) is 0.292. The first-order valence-corrected chi connectivity index (χ1v) is 6.46. The van der Waals surface area contributed by atoms with Crippen molar-refractivity contribution in [2.24, 2.45) is 5.41 Å². The van der Waals surface area contributed by atoms with Crippen LogP contribution in [0.15, 0.2) is 18.2 Å². The summed E-state index contributed by atoms with van der Waals surface area (Å²) in [4.78, 5) is 23.7. The van der Waals surface area contributed by atoms with E-state index in [0.717, 1.165) is 0 Å². The van der Waals surface area contributed by atoms with Gasteiger partial charge >= 0.3 is 5.97 Å². The molecule has 1 aromatic rings. The minimum atomic E-state index is -0.537. The highest BCUT2D eigenvalue weighted by atomic mass is 16.5. The second kappa shape index (κ2) is 6.41. The van der Waals surface area contributed by atoms with Gasteiger partial charge < -0.3 is 14.8 Å². The third kappa shape index (κ3) is 3.98. The van der Waals surface area contributed by atoms with Crippen LogP contribution in [0.25, 0.3) is 0 Å². The SMILES string of the molecule is CCOC(=O)c1ccc(OC)c(NC(=O)C(C)(C)C)c1. The van der Waals surface area contributed by atoms with Crippen LogP contribution in [0, 0.1) is 5.41 Å². The number of rotatable bonds is 4. The lowest BCUT2D eigenvalue weighted by molar-refractivity contribution is -0.123. The smallest absolute Gasteiger partial charge is 0.338 e. The van der Waals surface area contributed by atoms with E-state index in [1.165, 1.54) is 7.11 Å². The van der Waals surface area contributed by atoms with E-state index in [0.29, 0.717) is 23.6 Å². The molecule has 1 rings (SSSR count). The zero-order valence-electron chi connectivity index (χ0n) is 12.6. The number of benzene rings is 1. The average Bonchev–Trinajstić information content (AvgIpc) is 2.37. The Labute approximate surface area is 119 Å². The van der Waals surface area contributed by atoms with Crippen LogP contribution in [0.2, 0.25) is 0 Å². The molecule has 0 heterocycles. The molecule has 1 amide bonds. The van der Waals surface area contributed by atoms with E-state index < -0.39 is 11.4 Å². The van der Waals surface area contributed by atoms with Crippen molar-refractivity contribution < 1.29 is 19.1 Å². The zero-order valence-corrected chi connectivity index (χ0v) is 12.6. The standard InChI is InChI=1S/C15H21NO4/c1-6-20-13(17)10-7-8-12(19-5)11(9-10)16-14(18)15(2,3)4/h7-9H,6H2,1-5H3,(H,16,18). The highest BCUT2D eigenvalue weighted by Gasteiger charge is 2.23. The van der Waals surface area contributed by atoms with Gasteiger partial charge in [-0.05, 0) is 25.1 Å². The number of nitrogens with one attached hydrogen (secondary N) is 1. The van der Waals surface area contributed by atoms with E-state index in [1.807, 2.05) is 20.8 Å². The molecule has 0 aliphatic carbocycles. The summed E-state index contributed by atoms with van der Waals surface area (Å²) < 4.78 is 10.1. The van der Waals surface area contributed by atoms with Crippen LogP contribution in [-0.2, 0) is 9.53 Å². The van der Waals surface area contributed by atoms with Gasteiger partial charge in [-0.1, -0.05) is 20.8 Å². The average molecular weight is 279 g/mol. The third-order valence-electron chi connectivity index (χ3n) is 2.64. The number of hydrogen-bond donors (Lipinski definition) is 1. The summed E-state index contributed by atoms with van der Waals surface area (Å²) in [6.45, 7) is 7.47. The van der Waals surface area contributed by atoms with Crippen LogP contribution in [0.1, 0.15) is 38.1 Å². The lowest BCUT2D eigenvalue weighted by Gasteiger charge is -2.19. The van der Waals surface area contributed by atoms with Crippen LogP contribution in [-0.4, -0.2) is 25.6 Å². The summed E-state index contributed by atoms with van der Waals surface area (Å²) >= 11 is 0. The summed E-state index contributed by atoms with van der Waals surface area (Å²) in [6.07, 6.45) is 0. The summed E-state index contributed by atoms with van der Waals surface area (Å²) in [5, 5.41) is 2.77. The maximum Gasteiger partial charge on any atom is 0.338 e. The Morgan fingerprint density at radius 2 is 1.90 bits per heavy atom. The van der Waals surface area contributed by atoms with Gasteiger partial charge in [-0.2, -0.15) is 0 Å². The van der Waals surface area contributed by atoms with E-state index in [4.69, 9.17) is 9.47 Å². The van der Waals surface area contributed by atoms with Crippen molar-refractivity contribution in [3.8, 4) is 5.75 Å². The molecular weight excluding hydrogens is 258 g/mol. The Bertz CT molecular complexity index is 503. The number of methoxy groups -OCH3 is 1. The van der Waals surface area contributed by atoms with Gasteiger partial charge in [-0.25, -0.2) is 4.79 Å². The number of hydrogen-bond acceptors (Lipinski definition) is 4. The zero-order chi connectivity index (χ0) is 15.3. The van der Waals surface area contributed by atoms with Crippen molar-refractivity contribution >= 4 is 17.6 Å². The molecule has 0 spiro atoms. The second-order valence-corrected chi connectivity index (χ2v) is 5.34. The van der Waals surface area contributed by atoms with Crippen molar-refractivity contribution in [3.63, 3.8) is 0 Å². The molecule has 0 atom stereocenters. The number of anilines is 1. The van der Waals surface area contributed by atoms with Crippen LogP contribution in [0.5, 0.6) is 5.75 Å². The molecule has 1 aromatic carbocycles. The molecule has 0 fully saturated rings.